The number of rotatable bonds is 6. The Morgan fingerprint density at radius 3 is 2.61 bits per heavy atom. The summed E-state index contributed by atoms with van der Waals surface area (Å²) < 4.78 is 5.77. The maximum atomic E-state index is 6.34. The van der Waals surface area contributed by atoms with E-state index in [9.17, 15) is 0 Å². The third-order valence-corrected chi connectivity index (χ3v) is 6.49. The molecule has 1 N–H and O–H groups in total. The lowest BCUT2D eigenvalue weighted by molar-refractivity contribution is 0.120. The second-order valence-corrected chi connectivity index (χ2v) is 8.67. The van der Waals surface area contributed by atoms with Gasteiger partial charge in [-0.05, 0) is 36.6 Å². The van der Waals surface area contributed by atoms with Crippen molar-refractivity contribution in [1.29, 1.82) is 0 Å². The number of aromatic nitrogens is 2. The minimum Gasteiger partial charge on any atom is -0.376 e. The molecule has 0 saturated carbocycles. The summed E-state index contributed by atoms with van der Waals surface area (Å²) in [5, 5.41) is 5.42. The first-order chi connectivity index (χ1) is 15.3. The number of para-hydroxylation sites is 1. The molecule has 2 aliphatic heterocycles. The third-order valence-electron chi connectivity index (χ3n) is 6.12. The molecule has 1 unspecified atom stereocenters. The molecule has 0 spiro atoms. The minimum atomic E-state index is 0.269. The Bertz CT molecular complexity index is 1030. The molecule has 0 amide bonds. The van der Waals surface area contributed by atoms with Crippen LogP contribution in [0.2, 0.25) is 5.02 Å². The van der Waals surface area contributed by atoms with Crippen LogP contribution in [0.4, 0.5) is 11.8 Å². The number of hydrogen-bond acceptors (Lipinski definition) is 6. The van der Waals surface area contributed by atoms with Crippen LogP contribution in [-0.4, -0.2) is 60.3 Å². The Morgan fingerprint density at radius 1 is 1.00 bits per heavy atom. The van der Waals surface area contributed by atoms with Gasteiger partial charge in [0.25, 0.3) is 0 Å². The van der Waals surface area contributed by atoms with Gasteiger partial charge in [-0.25, -0.2) is 4.98 Å². The molecule has 2 saturated heterocycles. The van der Waals surface area contributed by atoms with E-state index >= 15 is 0 Å². The maximum Gasteiger partial charge on any atom is 0.227 e. The van der Waals surface area contributed by atoms with Crippen molar-refractivity contribution in [2.45, 2.75) is 25.5 Å². The Hall–Kier alpha value is -2.41. The average molecular weight is 438 g/mol. The van der Waals surface area contributed by atoms with Gasteiger partial charge in [-0.1, -0.05) is 41.9 Å². The lowest BCUT2D eigenvalue weighted by atomic mass is 10.2. The summed E-state index contributed by atoms with van der Waals surface area (Å²) in [6, 6.07) is 16.3. The van der Waals surface area contributed by atoms with Crippen molar-refractivity contribution in [3.05, 3.63) is 59.1 Å². The number of nitrogens with one attached hydrogen (secondary N) is 1. The average Bonchev–Trinajstić information content (AvgIpc) is 3.33. The highest BCUT2D eigenvalue weighted by Gasteiger charge is 2.22. The Labute approximate surface area is 188 Å². The van der Waals surface area contributed by atoms with E-state index in [4.69, 9.17) is 26.3 Å². The highest BCUT2D eigenvalue weighted by atomic mass is 35.5. The molecule has 6 nitrogen and oxygen atoms in total. The zero-order valence-corrected chi connectivity index (χ0v) is 18.4. The molecule has 162 valence electrons. The van der Waals surface area contributed by atoms with Gasteiger partial charge in [0.05, 0.1) is 11.6 Å². The number of fused-ring (bicyclic) bond motifs is 1. The van der Waals surface area contributed by atoms with Crippen LogP contribution in [0.15, 0.2) is 48.5 Å². The third kappa shape index (κ3) is 4.76. The van der Waals surface area contributed by atoms with E-state index in [1.807, 2.05) is 30.3 Å². The number of piperazine rings is 1. The molecule has 1 atom stereocenters. The van der Waals surface area contributed by atoms with Crippen LogP contribution >= 0.6 is 11.6 Å². The summed E-state index contributed by atoms with van der Waals surface area (Å²) >= 11 is 6.34. The zero-order valence-electron chi connectivity index (χ0n) is 17.6. The first kappa shape index (κ1) is 20.5. The van der Waals surface area contributed by atoms with Crippen molar-refractivity contribution >= 4 is 34.3 Å². The summed E-state index contributed by atoms with van der Waals surface area (Å²) in [5.74, 6) is 1.69. The Kier molecular flexibility index (Phi) is 6.20. The normalized spacial score (nSPS) is 19.8. The van der Waals surface area contributed by atoms with Gasteiger partial charge in [0.15, 0.2) is 0 Å². The van der Waals surface area contributed by atoms with Gasteiger partial charge in [0.1, 0.15) is 5.82 Å². The number of ether oxygens (including phenoxy) is 1. The molecule has 3 heterocycles. The van der Waals surface area contributed by atoms with Crippen molar-refractivity contribution in [3.63, 3.8) is 0 Å². The van der Waals surface area contributed by atoms with Crippen molar-refractivity contribution in [2.75, 3.05) is 49.5 Å². The fourth-order valence-electron chi connectivity index (χ4n) is 4.33. The van der Waals surface area contributed by atoms with Crippen molar-refractivity contribution in [1.82, 2.24) is 14.9 Å². The van der Waals surface area contributed by atoms with Crippen LogP contribution in [0.5, 0.6) is 0 Å². The molecule has 2 fully saturated rings. The summed E-state index contributed by atoms with van der Waals surface area (Å²) in [7, 11) is 0. The number of anilines is 2. The van der Waals surface area contributed by atoms with Crippen molar-refractivity contribution < 1.29 is 4.74 Å². The predicted octanol–water partition coefficient (Wildman–Crippen LogP) is 4.20. The van der Waals surface area contributed by atoms with Crippen LogP contribution in [0.1, 0.15) is 18.4 Å². The van der Waals surface area contributed by atoms with Gasteiger partial charge in [0.2, 0.25) is 5.95 Å². The van der Waals surface area contributed by atoms with E-state index in [2.05, 4.69) is 33.3 Å². The van der Waals surface area contributed by atoms with Gasteiger partial charge >= 0.3 is 0 Å². The predicted molar refractivity (Wildman–Crippen MR) is 126 cm³/mol. The maximum absolute atomic E-state index is 6.34. The molecule has 3 aromatic rings. The smallest absolute Gasteiger partial charge is 0.227 e. The minimum absolute atomic E-state index is 0.269. The van der Waals surface area contributed by atoms with Crippen LogP contribution in [0, 0.1) is 0 Å². The number of halogens is 1. The lowest BCUT2D eigenvalue weighted by Gasteiger charge is -2.35. The highest BCUT2D eigenvalue weighted by Crippen LogP contribution is 2.25. The Morgan fingerprint density at radius 2 is 1.81 bits per heavy atom. The summed E-state index contributed by atoms with van der Waals surface area (Å²) in [6.45, 7) is 6.23. The number of nitrogens with zero attached hydrogens (tertiary/aromatic N) is 4. The molecule has 5 rings (SSSR count). The van der Waals surface area contributed by atoms with E-state index in [0.29, 0.717) is 0 Å². The molecular weight excluding hydrogens is 410 g/mol. The van der Waals surface area contributed by atoms with Gasteiger partial charge in [0, 0.05) is 56.3 Å². The molecule has 0 radical (unpaired) electrons. The summed E-state index contributed by atoms with van der Waals surface area (Å²) in [4.78, 5) is 14.5. The van der Waals surface area contributed by atoms with E-state index in [0.717, 1.165) is 86.4 Å². The molecular formula is C24H28ClN5O. The van der Waals surface area contributed by atoms with Crippen LogP contribution in [0.25, 0.3) is 10.9 Å². The van der Waals surface area contributed by atoms with E-state index in [-0.39, 0.29) is 6.10 Å². The van der Waals surface area contributed by atoms with E-state index in [1.165, 1.54) is 5.56 Å². The second kappa shape index (κ2) is 9.39. The summed E-state index contributed by atoms with van der Waals surface area (Å²) in [5.41, 5.74) is 2.15. The standard InChI is InChI=1S/C24H28ClN5O/c25-21-9-3-1-6-18(21)17-29-11-13-30(14-12-29)24-27-22-10-4-2-8-20(22)23(28-24)26-16-19-7-5-15-31-19/h1-4,6,8-10,19H,5,7,11-17H2,(H,26,27,28). The first-order valence-corrected chi connectivity index (χ1v) is 11.5. The van der Waals surface area contributed by atoms with Gasteiger partial charge in [-0.3, -0.25) is 4.90 Å². The van der Waals surface area contributed by atoms with Gasteiger partial charge in [-0.2, -0.15) is 4.98 Å². The molecule has 7 heteroatoms. The highest BCUT2D eigenvalue weighted by molar-refractivity contribution is 6.31. The monoisotopic (exact) mass is 437 g/mol. The van der Waals surface area contributed by atoms with Gasteiger partial charge < -0.3 is 15.0 Å². The summed E-state index contributed by atoms with van der Waals surface area (Å²) in [6.07, 6.45) is 2.52. The quantitative estimate of drug-likeness (QED) is 0.623. The van der Waals surface area contributed by atoms with E-state index in [1.54, 1.807) is 0 Å². The molecule has 2 aliphatic rings. The molecule has 2 aromatic carbocycles. The second-order valence-electron chi connectivity index (χ2n) is 8.26. The zero-order chi connectivity index (χ0) is 21.0. The van der Waals surface area contributed by atoms with Gasteiger partial charge in [-0.15, -0.1) is 0 Å². The Balaban J connectivity index is 1.29. The van der Waals surface area contributed by atoms with Crippen LogP contribution in [0.3, 0.4) is 0 Å². The first-order valence-electron chi connectivity index (χ1n) is 11.1. The lowest BCUT2D eigenvalue weighted by Crippen LogP contribution is -2.46. The largest absolute Gasteiger partial charge is 0.376 e. The van der Waals surface area contributed by atoms with Crippen LogP contribution in [-0.2, 0) is 11.3 Å². The topological polar surface area (TPSA) is 53.5 Å². The molecule has 0 bridgehead atoms. The van der Waals surface area contributed by atoms with Crippen LogP contribution < -0.4 is 10.2 Å². The fraction of sp³-hybridized carbons (Fsp3) is 0.417. The van der Waals surface area contributed by atoms with E-state index < -0.39 is 0 Å². The molecule has 1 aromatic heterocycles. The van der Waals surface area contributed by atoms with Crippen molar-refractivity contribution in [3.8, 4) is 0 Å². The number of benzene rings is 2. The fourth-order valence-corrected chi connectivity index (χ4v) is 4.53. The van der Waals surface area contributed by atoms with Crippen molar-refractivity contribution in [2.24, 2.45) is 0 Å². The number of hydrogen-bond donors (Lipinski definition) is 1. The molecule has 0 aliphatic carbocycles. The molecule has 31 heavy (non-hydrogen) atoms. The SMILES string of the molecule is Clc1ccccc1CN1CCN(c2nc(NCC3CCCO3)c3ccccc3n2)CC1.